The van der Waals surface area contributed by atoms with Gasteiger partial charge in [-0.2, -0.15) is 5.10 Å². The summed E-state index contributed by atoms with van der Waals surface area (Å²) in [5.74, 6) is -0.909. The molecule has 0 saturated carbocycles. The van der Waals surface area contributed by atoms with Crippen LogP contribution < -0.4 is 5.73 Å². The molecule has 3 N–H and O–H groups in total. The summed E-state index contributed by atoms with van der Waals surface area (Å²) >= 11 is 0. The molecule has 0 unspecified atom stereocenters. The van der Waals surface area contributed by atoms with E-state index in [4.69, 9.17) is 5.73 Å². The lowest BCUT2D eigenvalue weighted by Gasteiger charge is -2.14. The first kappa shape index (κ1) is 11.2. The molecular formula is C8H12N4O3. The van der Waals surface area contributed by atoms with Gasteiger partial charge < -0.3 is 5.73 Å². The summed E-state index contributed by atoms with van der Waals surface area (Å²) in [5.41, 5.74) is 4.11. The van der Waals surface area contributed by atoms with E-state index < -0.39 is 16.2 Å². The lowest BCUT2D eigenvalue weighted by molar-refractivity contribution is -0.386. The number of H-pyrrole nitrogens is 1. The van der Waals surface area contributed by atoms with Crippen LogP contribution in [0.3, 0.4) is 0 Å². The Morgan fingerprint density at radius 2 is 2.07 bits per heavy atom. The van der Waals surface area contributed by atoms with Crippen LogP contribution in [0.5, 0.6) is 0 Å². The number of carbonyl (C=O) groups is 1. The van der Waals surface area contributed by atoms with Gasteiger partial charge in [0.15, 0.2) is 0 Å². The predicted octanol–water partition coefficient (Wildman–Crippen LogP) is 0.714. The monoisotopic (exact) mass is 212 g/mol. The average molecular weight is 212 g/mol. The highest BCUT2D eigenvalue weighted by Gasteiger charge is 2.33. The van der Waals surface area contributed by atoms with E-state index in [9.17, 15) is 14.9 Å². The number of nitrogens with one attached hydrogen (secondary N) is 1. The first-order chi connectivity index (χ1) is 6.75. The summed E-state index contributed by atoms with van der Waals surface area (Å²) in [5, 5.41) is 16.8. The van der Waals surface area contributed by atoms with Gasteiger partial charge in [-0.05, 0) is 0 Å². The highest BCUT2D eigenvalue weighted by Crippen LogP contribution is 2.31. The van der Waals surface area contributed by atoms with E-state index in [1.165, 1.54) is 0 Å². The van der Waals surface area contributed by atoms with Crippen molar-refractivity contribution >= 4 is 11.6 Å². The third-order valence-electron chi connectivity index (χ3n) is 1.91. The Labute approximate surface area is 85.8 Å². The number of carbonyl (C=O) groups excluding carboxylic acids is 1. The molecule has 1 rings (SSSR count). The molecule has 7 nitrogen and oxygen atoms in total. The van der Waals surface area contributed by atoms with E-state index in [2.05, 4.69) is 10.2 Å². The van der Waals surface area contributed by atoms with Crippen LogP contribution >= 0.6 is 0 Å². The Hall–Kier alpha value is -1.92. The van der Waals surface area contributed by atoms with Crippen LogP contribution in [0.25, 0.3) is 0 Å². The van der Waals surface area contributed by atoms with Crippen molar-refractivity contribution in [3.63, 3.8) is 0 Å². The van der Waals surface area contributed by atoms with Crippen molar-refractivity contribution in [1.29, 1.82) is 0 Å². The number of hydrogen-bond donors (Lipinski definition) is 2. The van der Waals surface area contributed by atoms with Gasteiger partial charge >= 0.3 is 5.69 Å². The molecule has 1 aromatic heterocycles. The van der Waals surface area contributed by atoms with Crippen molar-refractivity contribution in [3.05, 3.63) is 21.5 Å². The van der Waals surface area contributed by atoms with Crippen LogP contribution in [-0.2, 0) is 5.41 Å². The quantitative estimate of drug-likeness (QED) is 0.554. The molecule has 0 aliphatic heterocycles. The molecule has 1 aromatic rings. The van der Waals surface area contributed by atoms with Crippen LogP contribution in [0.1, 0.15) is 37.0 Å². The molecule has 0 aliphatic carbocycles. The molecule has 0 aromatic carbocycles. The second-order valence-corrected chi connectivity index (χ2v) is 4.17. The number of primary amides is 1. The van der Waals surface area contributed by atoms with Crippen LogP contribution in [0.2, 0.25) is 0 Å². The number of rotatable bonds is 2. The summed E-state index contributed by atoms with van der Waals surface area (Å²) in [7, 11) is 0. The topological polar surface area (TPSA) is 115 Å². The maximum Gasteiger partial charge on any atom is 0.323 e. The van der Waals surface area contributed by atoms with Gasteiger partial charge in [-0.3, -0.25) is 20.0 Å². The number of nitrogens with two attached hydrogens (primary N) is 1. The first-order valence-corrected chi connectivity index (χ1v) is 4.28. The van der Waals surface area contributed by atoms with E-state index in [0.29, 0.717) is 5.69 Å². The van der Waals surface area contributed by atoms with E-state index in [1.54, 1.807) is 20.8 Å². The molecule has 15 heavy (non-hydrogen) atoms. The standard InChI is InChI=1S/C8H12N4O3/c1-8(2,3)6-5(12(14)15)4(7(9)13)10-11-6/h1-3H3,(H2,9,13)(H,10,11). The number of aromatic amines is 1. The largest absolute Gasteiger partial charge is 0.364 e. The van der Waals surface area contributed by atoms with Crippen molar-refractivity contribution in [2.24, 2.45) is 5.73 Å². The van der Waals surface area contributed by atoms with Crippen LogP contribution in [0.4, 0.5) is 5.69 Å². The molecule has 1 amide bonds. The molecule has 0 spiro atoms. The Bertz CT molecular complexity index is 416. The highest BCUT2D eigenvalue weighted by molar-refractivity contribution is 5.95. The lowest BCUT2D eigenvalue weighted by Crippen LogP contribution is -2.16. The van der Waals surface area contributed by atoms with Crippen molar-refractivity contribution in [2.45, 2.75) is 26.2 Å². The van der Waals surface area contributed by atoms with Crippen molar-refractivity contribution in [2.75, 3.05) is 0 Å². The summed E-state index contributed by atoms with van der Waals surface area (Å²) in [4.78, 5) is 21.0. The third kappa shape index (κ3) is 1.95. The fourth-order valence-corrected chi connectivity index (χ4v) is 1.21. The zero-order valence-electron chi connectivity index (χ0n) is 8.70. The van der Waals surface area contributed by atoms with Gasteiger partial charge in [0.25, 0.3) is 5.91 Å². The summed E-state index contributed by atoms with van der Waals surface area (Å²) in [6, 6.07) is 0. The van der Waals surface area contributed by atoms with E-state index in [-0.39, 0.29) is 11.4 Å². The Kier molecular flexibility index (Phi) is 2.48. The molecule has 0 bridgehead atoms. The first-order valence-electron chi connectivity index (χ1n) is 4.28. The van der Waals surface area contributed by atoms with E-state index in [0.717, 1.165) is 0 Å². The van der Waals surface area contributed by atoms with Gasteiger partial charge in [0.2, 0.25) is 5.69 Å². The van der Waals surface area contributed by atoms with Crippen LogP contribution in [-0.4, -0.2) is 21.0 Å². The van der Waals surface area contributed by atoms with Gasteiger partial charge in [-0.1, -0.05) is 20.8 Å². The molecule has 0 aliphatic rings. The highest BCUT2D eigenvalue weighted by atomic mass is 16.6. The van der Waals surface area contributed by atoms with Crippen molar-refractivity contribution in [1.82, 2.24) is 10.2 Å². The molecular weight excluding hydrogens is 200 g/mol. The molecule has 0 saturated heterocycles. The van der Waals surface area contributed by atoms with Crippen molar-refractivity contribution < 1.29 is 9.72 Å². The number of amides is 1. The lowest BCUT2D eigenvalue weighted by atomic mass is 9.91. The maximum absolute atomic E-state index is 10.9. The normalized spacial score (nSPS) is 11.4. The average Bonchev–Trinajstić information content (AvgIpc) is 2.45. The number of aromatic nitrogens is 2. The zero-order chi connectivity index (χ0) is 11.8. The predicted molar refractivity (Wildman–Crippen MR) is 52.5 cm³/mol. The second kappa shape index (κ2) is 3.34. The third-order valence-corrected chi connectivity index (χ3v) is 1.91. The minimum atomic E-state index is -0.909. The number of nitrogens with zero attached hydrogens (tertiary/aromatic N) is 2. The maximum atomic E-state index is 10.9. The number of hydrogen-bond acceptors (Lipinski definition) is 4. The summed E-state index contributed by atoms with van der Waals surface area (Å²) in [6.45, 7) is 5.33. The van der Waals surface area contributed by atoms with E-state index >= 15 is 0 Å². The van der Waals surface area contributed by atoms with Gasteiger partial charge in [0, 0.05) is 5.41 Å². The SMILES string of the molecule is CC(C)(C)c1[nH]nc(C(N)=O)c1[N+](=O)[O-]. The fraction of sp³-hybridized carbons (Fsp3) is 0.500. The minimum absolute atomic E-state index is 0.293. The van der Waals surface area contributed by atoms with Crippen LogP contribution in [0, 0.1) is 10.1 Å². The molecule has 0 atom stereocenters. The fourth-order valence-electron chi connectivity index (χ4n) is 1.21. The second-order valence-electron chi connectivity index (χ2n) is 4.17. The summed E-state index contributed by atoms with van der Waals surface area (Å²) in [6.07, 6.45) is 0. The molecule has 0 fully saturated rings. The Morgan fingerprint density at radius 1 is 1.53 bits per heavy atom. The smallest absolute Gasteiger partial charge is 0.323 e. The molecule has 1 heterocycles. The summed E-state index contributed by atoms with van der Waals surface area (Å²) < 4.78 is 0. The zero-order valence-corrected chi connectivity index (χ0v) is 8.70. The minimum Gasteiger partial charge on any atom is -0.364 e. The van der Waals surface area contributed by atoms with Gasteiger partial charge in [-0.25, -0.2) is 0 Å². The molecule has 82 valence electrons. The molecule has 0 radical (unpaired) electrons. The van der Waals surface area contributed by atoms with Gasteiger partial charge in [0.1, 0.15) is 5.69 Å². The van der Waals surface area contributed by atoms with Gasteiger partial charge in [-0.15, -0.1) is 0 Å². The van der Waals surface area contributed by atoms with Crippen LogP contribution in [0.15, 0.2) is 0 Å². The van der Waals surface area contributed by atoms with Gasteiger partial charge in [0.05, 0.1) is 4.92 Å². The number of nitro groups is 1. The molecule has 7 heteroatoms. The Morgan fingerprint density at radius 3 is 2.40 bits per heavy atom. The van der Waals surface area contributed by atoms with Crippen molar-refractivity contribution in [3.8, 4) is 0 Å². The Balaban J connectivity index is 3.44. The van der Waals surface area contributed by atoms with E-state index in [1.807, 2.05) is 0 Å².